The Morgan fingerprint density at radius 1 is 0.846 bits per heavy atom. The molecule has 0 amide bonds. The van der Waals surface area contributed by atoms with E-state index < -0.39 is 0 Å². The molecule has 4 rings (SSSR count). The Bertz CT molecular complexity index is 1020. The van der Waals surface area contributed by atoms with E-state index in [0.717, 1.165) is 6.42 Å². The molecule has 3 aromatic carbocycles. The maximum atomic E-state index is 2.49. The van der Waals surface area contributed by atoms with Gasteiger partial charge < -0.3 is 0 Å². The molecule has 0 radical (unpaired) electrons. The fourth-order valence-corrected chi connectivity index (χ4v) is 4.40. The molecule has 0 N–H and O–H groups in total. The molecule has 3 aromatic rings. The van der Waals surface area contributed by atoms with Crippen LogP contribution in [-0.2, 0) is 6.42 Å². The summed E-state index contributed by atoms with van der Waals surface area (Å²) >= 11 is 0. The highest BCUT2D eigenvalue weighted by Crippen LogP contribution is 2.42. The lowest BCUT2D eigenvalue weighted by molar-refractivity contribution is 0.779. The van der Waals surface area contributed by atoms with Gasteiger partial charge in [-0.25, -0.2) is 0 Å². The number of rotatable bonds is 4. The monoisotopic (exact) mass is 340 g/mol. The van der Waals surface area contributed by atoms with Crippen LogP contribution in [0.2, 0.25) is 0 Å². The third-order valence-corrected chi connectivity index (χ3v) is 6.19. The molecule has 0 saturated carbocycles. The van der Waals surface area contributed by atoms with Crippen molar-refractivity contribution < 1.29 is 0 Å². The number of benzene rings is 3. The molecule has 132 valence electrons. The Morgan fingerprint density at radius 2 is 1.62 bits per heavy atom. The van der Waals surface area contributed by atoms with Gasteiger partial charge >= 0.3 is 0 Å². The molecule has 0 unspecified atom stereocenters. The molecule has 1 aliphatic rings. The van der Waals surface area contributed by atoms with Crippen molar-refractivity contribution in [1.29, 1.82) is 0 Å². The molecule has 0 bridgehead atoms. The number of unbranched alkanes of at least 4 members (excludes halogenated alkanes) is 1. The maximum absolute atomic E-state index is 2.49. The fourth-order valence-electron chi connectivity index (χ4n) is 4.40. The zero-order chi connectivity index (χ0) is 18.3. The first-order valence-electron chi connectivity index (χ1n) is 9.91. The molecule has 0 atom stereocenters. The van der Waals surface area contributed by atoms with E-state index in [1.165, 1.54) is 63.4 Å². The van der Waals surface area contributed by atoms with Crippen molar-refractivity contribution in [3.63, 3.8) is 0 Å². The van der Waals surface area contributed by atoms with E-state index >= 15 is 0 Å². The van der Waals surface area contributed by atoms with Crippen molar-refractivity contribution >= 4 is 16.8 Å². The Labute approximate surface area is 157 Å². The summed E-state index contributed by atoms with van der Waals surface area (Å²) in [4.78, 5) is 0. The molecule has 1 aliphatic carbocycles. The van der Waals surface area contributed by atoms with Gasteiger partial charge in [0.2, 0.25) is 0 Å². The number of hydrogen-bond donors (Lipinski definition) is 0. The van der Waals surface area contributed by atoms with Gasteiger partial charge in [-0.1, -0.05) is 61.4 Å². The van der Waals surface area contributed by atoms with Gasteiger partial charge in [-0.15, -0.1) is 0 Å². The third-order valence-electron chi connectivity index (χ3n) is 6.19. The van der Waals surface area contributed by atoms with Crippen LogP contribution in [0.15, 0.2) is 48.0 Å². The van der Waals surface area contributed by atoms with Gasteiger partial charge in [0.25, 0.3) is 0 Å². The van der Waals surface area contributed by atoms with E-state index in [1.807, 2.05) is 0 Å². The molecule has 0 spiro atoms. The topological polar surface area (TPSA) is 0 Å². The second-order valence-electron chi connectivity index (χ2n) is 7.79. The Hall–Kier alpha value is -2.34. The minimum Gasteiger partial charge on any atom is -0.0654 e. The molecule has 0 fully saturated rings. The van der Waals surface area contributed by atoms with Crippen molar-refractivity contribution in [1.82, 2.24) is 0 Å². The first kappa shape index (κ1) is 17.1. The van der Waals surface area contributed by atoms with Gasteiger partial charge in [0.05, 0.1) is 0 Å². The second-order valence-corrected chi connectivity index (χ2v) is 7.79. The summed E-state index contributed by atoms with van der Waals surface area (Å²) in [5.74, 6) is 0. The SMILES string of the molecule is CCCCC1=Cc2c(c(C)c(C)c(C)c2-c2ccc3ccccc3c2)C1. The lowest BCUT2D eigenvalue weighted by atomic mass is 9.85. The standard InChI is InChI=1S/C26H28/c1-5-6-9-20-14-24-18(3)17(2)19(4)26(25(24)15-20)23-13-12-21-10-7-8-11-22(21)16-23/h7-8,10-13,15-16H,5-6,9,14H2,1-4H3. The second kappa shape index (κ2) is 6.76. The van der Waals surface area contributed by atoms with Crippen LogP contribution in [0.4, 0.5) is 0 Å². The molecule has 0 aromatic heterocycles. The number of allylic oxidation sites excluding steroid dienone is 1. The average molecular weight is 341 g/mol. The van der Waals surface area contributed by atoms with Crippen LogP contribution >= 0.6 is 0 Å². The zero-order valence-electron chi connectivity index (χ0n) is 16.4. The van der Waals surface area contributed by atoms with E-state index in [2.05, 4.69) is 76.2 Å². The fraction of sp³-hybridized carbons (Fsp3) is 0.308. The highest BCUT2D eigenvalue weighted by atomic mass is 14.3. The van der Waals surface area contributed by atoms with Crippen LogP contribution in [0.5, 0.6) is 0 Å². The molecule has 0 aliphatic heterocycles. The first-order chi connectivity index (χ1) is 12.6. The number of hydrogen-bond acceptors (Lipinski definition) is 0. The Kier molecular flexibility index (Phi) is 4.44. The van der Waals surface area contributed by atoms with Crippen molar-refractivity contribution in [2.24, 2.45) is 0 Å². The molecule has 26 heavy (non-hydrogen) atoms. The van der Waals surface area contributed by atoms with Crippen LogP contribution in [0.25, 0.3) is 28.0 Å². The summed E-state index contributed by atoms with van der Waals surface area (Å²) in [5, 5.41) is 2.64. The van der Waals surface area contributed by atoms with Crippen molar-refractivity contribution in [3.8, 4) is 11.1 Å². The number of fused-ring (bicyclic) bond motifs is 2. The molecule has 0 heterocycles. The summed E-state index contributed by atoms with van der Waals surface area (Å²) in [6.45, 7) is 9.18. The smallest absolute Gasteiger partial charge is 0.00549 e. The highest BCUT2D eigenvalue weighted by Gasteiger charge is 2.22. The normalized spacial score (nSPS) is 13.2. The van der Waals surface area contributed by atoms with Gasteiger partial charge in [-0.05, 0) is 95.8 Å². The van der Waals surface area contributed by atoms with Crippen LogP contribution in [0.1, 0.15) is 54.0 Å². The molecular formula is C26H28. The van der Waals surface area contributed by atoms with Gasteiger partial charge in [0.15, 0.2) is 0 Å². The van der Waals surface area contributed by atoms with E-state index in [1.54, 1.807) is 11.1 Å². The average Bonchev–Trinajstić information content (AvgIpc) is 3.08. The summed E-state index contributed by atoms with van der Waals surface area (Å²) < 4.78 is 0. The summed E-state index contributed by atoms with van der Waals surface area (Å²) in [6.07, 6.45) is 7.43. The maximum Gasteiger partial charge on any atom is -0.00549 e. The lowest BCUT2D eigenvalue weighted by Gasteiger charge is -2.19. The Balaban J connectivity index is 1.91. The summed E-state index contributed by atoms with van der Waals surface area (Å²) in [7, 11) is 0. The molecule has 0 heteroatoms. The minimum atomic E-state index is 1.14. The van der Waals surface area contributed by atoms with Gasteiger partial charge in [-0.2, -0.15) is 0 Å². The van der Waals surface area contributed by atoms with Crippen molar-refractivity contribution in [2.45, 2.75) is 53.4 Å². The minimum absolute atomic E-state index is 1.14. The van der Waals surface area contributed by atoms with Crippen molar-refractivity contribution in [3.05, 3.63) is 75.9 Å². The van der Waals surface area contributed by atoms with Gasteiger partial charge in [0, 0.05) is 0 Å². The molecule has 0 nitrogen and oxygen atoms in total. The predicted molar refractivity (Wildman–Crippen MR) is 115 cm³/mol. The van der Waals surface area contributed by atoms with Crippen LogP contribution in [-0.4, -0.2) is 0 Å². The van der Waals surface area contributed by atoms with Crippen molar-refractivity contribution in [2.75, 3.05) is 0 Å². The van der Waals surface area contributed by atoms with Gasteiger partial charge in [0.1, 0.15) is 0 Å². The van der Waals surface area contributed by atoms with E-state index in [0.29, 0.717) is 0 Å². The van der Waals surface area contributed by atoms with E-state index in [9.17, 15) is 0 Å². The third kappa shape index (κ3) is 2.78. The van der Waals surface area contributed by atoms with Crippen LogP contribution in [0.3, 0.4) is 0 Å². The largest absolute Gasteiger partial charge is 0.0654 e. The lowest BCUT2D eigenvalue weighted by Crippen LogP contribution is -2.00. The summed E-state index contributed by atoms with van der Waals surface area (Å²) in [6, 6.07) is 15.6. The highest BCUT2D eigenvalue weighted by molar-refractivity contribution is 5.91. The van der Waals surface area contributed by atoms with Crippen LogP contribution in [0, 0.1) is 20.8 Å². The molecule has 0 saturated heterocycles. The van der Waals surface area contributed by atoms with E-state index in [-0.39, 0.29) is 0 Å². The van der Waals surface area contributed by atoms with Crippen LogP contribution < -0.4 is 0 Å². The predicted octanol–water partition coefficient (Wildman–Crippen LogP) is 7.56. The Morgan fingerprint density at radius 3 is 2.38 bits per heavy atom. The van der Waals surface area contributed by atoms with E-state index in [4.69, 9.17) is 0 Å². The zero-order valence-corrected chi connectivity index (χ0v) is 16.4. The quantitative estimate of drug-likeness (QED) is 0.459. The molecular weight excluding hydrogens is 312 g/mol. The first-order valence-corrected chi connectivity index (χ1v) is 9.91. The van der Waals surface area contributed by atoms with Gasteiger partial charge in [-0.3, -0.25) is 0 Å². The summed E-state index contributed by atoms with van der Waals surface area (Å²) in [5.41, 5.74) is 11.8.